The van der Waals surface area contributed by atoms with Gasteiger partial charge < -0.3 is 4.90 Å². The van der Waals surface area contributed by atoms with Gasteiger partial charge in [-0.05, 0) is 37.5 Å². The van der Waals surface area contributed by atoms with E-state index in [2.05, 4.69) is 55.1 Å². The summed E-state index contributed by atoms with van der Waals surface area (Å²) in [6.07, 6.45) is 4.65. The molecule has 0 saturated carbocycles. The van der Waals surface area contributed by atoms with E-state index in [0.29, 0.717) is 0 Å². The molecule has 0 N–H and O–H groups in total. The average Bonchev–Trinajstić information content (AvgIpc) is 2.88. The lowest BCUT2D eigenvalue weighted by Gasteiger charge is -2.21. The van der Waals surface area contributed by atoms with Gasteiger partial charge in [-0.3, -0.25) is 9.69 Å². The first-order valence-corrected chi connectivity index (χ1v) is 9.42. The van der Waals surface area contributed by atoms with E-state index in [-0.39, 0.29) is 5.91 Å². The third-order valence-electron chi connectivity index (χ3n) is 4.92. The summed E-state index contributed by atoms with van der Waals surface area (Å²) in [6, 6.07) is 17.0. The number of carbonyl (C=O) groups is 1. The van der Waals surface area contributed by atoms with Crippen molar-refractivity contribution < 1.29 is 4.79 Å². The van der Waals surface area contributed by atoms with Gasteiger partial charge in [-0.2, -0.15) is 0 Å². The van der Waals surface area contributed by atoms with Crippen LogP contribution in [0, 0.1) is 13.8 Å². The third kappa shape index (κ3) is 5.30. The van der Waals surface area contributed by atoms with Gasteiger partial charge in [-0.15, -0.1) is 0 Å². The van der Waals surface area contributed by atoms with Crippen LogP contribution in [-0.2, 0) is 11.3 Å². The van der Waals surface area contributed by atoms with Crippen molar-refractivity contribution in [3.63, 3.8) is 0 Å². The lowest BCUT2D eigenvalue weighted by Crippen LogP contribution is -2.34. The largest absolute Gasteiger partial charge is 0.338 e. The quantitative estimate of drug-likeness (QED) is 0.778. The first-order valence-electron chi connectivity index (χ1n) is 9.42. The number of nitrogens with zero attached hydrogens (tertiary/aromatic N) is 2. The van der Waals surface area contributed by atoms with E-state index >= 15 is 0 Å². The number of benzene rings is 2. The van der Waals surface area contributed by atoms with Crippen molar-refractivity contribution in [2.45, 2.75) is 26.8 Å². The van der Waals surface area contributed by atoms with Crippen LogP contribution in [0.2, 0.25) is 0 Å². The zero-order valence-electron chi connectivity index (χ0n) is 15.8. The minimum absolute atomic E-state index is 0.114. The van der Waals surface area contributed by atoms with Crippen LogP contribution in [0.4, 0.5) is 0 Å². The predicted molar refractivity (Wildman–Crippen MR) is 108 cm³/mol. The van der Waals surface area contributed by atoms with Crippen molar-refractivity contribution in [2.24, 2.45) is 0 Å². The van der Waals surface area contributed by atoms with E-state index in [1.807, 2.05) is 23.1 Å². The summed E-state index contributed by atoms with van der Waals surface area (Å²) < 4.78 is 0. The fraction of sp³-hybridized carbons (Fsp3) is 0.348. The minimum Gasteiger partial charge on any atom is -0.338 e. The number of hydrogen-bond acceptors (Lipinski definition) is 2. The molecule has 0 radical (unpaired) electrons. The molecule has 0 atom stereocenters. The van der Waals surface area contributed by atoms with Crippen molar-refractivity contribution in [3.8, 4) is 0 Å². The lowest BCUT2D eigenvalue weighted by molar-refractivity contribution is -0.125. The highest BCUT2D eigenvalue weighted by atomic mass is 16.2. The van der Waals surface area contributed by atoms with Gasteiger partial charge in [0.25, 0.3) is 0 Å². The molecule has 136 valence electrons. The molecule has 3 heteroatoms. The number of rotatable bonds is 4. The van der Waals surface area contributed by atoms with Gasteiger partial charge in [-0.25, -0.2) is 0 Å². The molecule has 26 heavy (non-hydrogen) atoms. The standard InChI is InChI=1S/C23H28N2O/c1-19-4-8-21(9-5-19)12-13-23(26)25-15-3-14-24(16-17-25)18-22-10-6-20(2)7-11-22/h4-13H,3,14-18H2,1-2H3. The van der Waals surface area contributed by atoms with Crippen molar-refractivity contribution >= 4 is 12.0 Å². The van der Waals surface area contributed by atoms with E-state index in [4.69, 9.17) is 0 Å². The van der Waals surface area contributed by atoms with Gasteiger partial charge in [0.05, 0.1) is 0 Å². The van der Waals surface area contributed by atoms with Crippen LogP contribution < -0.4 is 0 Å². The molecule has 1 saturated heterocycles. The van der Waals surface area contributed by atoms with Crippen molar-refractivity contribution in [2.75, 3.05) is 26.2 Å². The molecule has 0 spiro atoms. The molecule has 3 rings (SSSR count). The van der Waals surface area contributed by atoms with E-state index < -0.39 is 0 Å². The number of carbonyl (C=O) groups excluding carboxylic acids is 1. The molecule has 2 aromatic rings. The normalized spacial score (nSPS) is 16.0. The topological polar surface area (TPSA) is 23.6 Å². The molecule has 0 unspecified atom stereocenters. The molecule has 0 aromatic heterocycles. The summed E-state index contributed by atoms with van der Waals surface area (Å²) in [5, 5.41) is 0. The van der Waals surface area contributed by atoms with E-state index in [0.717, 1.165) is 44.7 Å². The lowest BCUT2D eigenvalue weighted by atomic mass is 10.1. The molecular weight excluding hydrogens is 320 g/mol. The SMILES string of the molecule is Cc1ccc(C=CC(=O)N2CCCN(Cc3ccc(C)cc3)CC2)cc1. The summed E-state index contributed by atoms with van der Waals surface area (Å²) in [5.41, 5.74) is 4.94. The Morgan fingerprint density at radius 3 is 2.23 bits per heavy atom. The Bertz CT molecular complexity index is 747. The van der Waals surface area contributed by atoms with Crippen molar-refractivity contribution in [3.05, 3.63) is 76.9 Å². The van der Waals surface area contributed by atoms with Gasteiger partial charge in [-0.1, -0.05) is 59.7 Å². The zero-order valence-corrected chi connectivity index (χ0v) is 15.8. The van der Waals surface area contributed by atoms with Crippen molar-refractivity contribution in [1.82, 2.24) is 9.80 Å². The van der Waals surface area contributed by atoms with Gasteiger partial charge in [0, 0.05) is 38.8 Å². The summed E-state index contributed by atoms with van der Waals surface area (Å²) in [6.45, 7) is 8.74. The molecule has 1 fully saturated rings. The Balaban J connectivity index is 1.53. The first kappa shape index (κ1) is 18.4. The Labute approximate surface area is 156 Å². The van der Waals surface area contributed by atoms with E-state index in [9.17, 15) is 4.79 Å². The predicted octanol–water partition coefficient (Wildman–Crippen LogP) is 4.05. The third-order valence-corrected chi connectivity index (χ3v) is 4.92. The highest BCUT2D eigenvalue weighted by Gasteiger charge is 2.17. The van der Waals surface area contributed by atoms with Crippen LogP contribution in [0.5, 0.6) is 0 Å². The Morgan fingerprint density at radius 1 is 0.885 bits per heavy atom. The fourth-order valence-corrected chi connectivity index (χ4v) is 3.25. The average molecular weight is 348 g/mol. The minimum atomic E-state index is 0.114. The molecule has 0 bridgehead atoms. The monoisotopic (exact) mass is 348 g/mol. The Kier molecular flexibility index (Phi) is 6.24. The zero-order chi connectivity index (χ0) is 18.4. The maximum Gasteiger partial charge on any atom is 0.246 e. The van der Waals surface area contributed by atoms with Gasteiger partial charge in [0.15, 0.2) is 0 Å². The highest BCUT2D eigenvalue weighted by molar-refractivity contribution is 5.91. The van der Waals surface area contributed by atoms with Gasteiger partial charge >= 0.3 is 0 Å². The molecule has 2 aromatic carbocycles. The molecule has 1 aliphatic rings. The van der Waals surface area contributed by atoms with E-state index in [1.165, 1.54) is 16.7 Å². The maximum absolute atomic E-state index is 12.5. The first-order chi connectivity index (χ1) is 12.6. The Morgan fingerprint density at radius 2 is 1.54 bits per heavy atom. The second-order valence-electron chi connectivity index (χ2n) is 7.18. The summed E-state index contributed by atoms with van der Waals surface area (Å²) in [4.78, 5) is 16.9. The molecular formula is C23H28N2O. The Hall–Kier alpha value is -2.39. The van der Waals surface area contributed by atoms with Gasteiger partial charge in [0.2, 0.25) is 5.91 Å². The van der Waals surface area contributed by atoms with E-state index in [1.54, 1.807) is 6.08 Å². The summed E-state index contributed by atoms with van der Waals surface area (Å²) in [5.74, 6) is 0.114. The second kappa shape index (κ2) is 8.81. The van der Waals surface area contributed by atoms with Crippen LogP contribution in [0.15, 0.2) is 54.6 Å². The number of aryl methyl sites for hydroxylation is 2. The van der Waals surface area contributed by atoms with Crippen LogP contribution in [0.3, 0.4) is 0 Å². The van der Waals surface area contributed by atoms with Crippen LogP contribution >= 0.6 is 0 Å². The van der Waals surface area contributed by atoms with Crippen LogP contribution in [-0.4, -0.2) is 41.9 Å². The summed E-state index contributed by atoms with van der Waals surface area (Å²) in [7, 11) is 0. The molecule has 1 amide bonds. The number of amides is 1. The number of hydrogen-bond donors (Lipinski definition) is 0. The molecule has 3 nitrogen and oxygen atoms in total. The van der Waals surface area contributed by atoms with Gasteiger partial charge in [0.1, 0.15) is 0 Å². The smallest absolute Gasteiger partial charge is 0.246 e. The van der Waals surface area contributed by atoms with Crippen LogP contribution in [0.1, 0.15) is 28.7 Å². The molecule has 0 aliphatic carbocycles. The summed E-state index contributed by atoms with van der Waals surface area (Å²) >= 11 is 0. The second-order valence-corrected chi connectivity index (χ2v) is 7.18. The molecule has 1 heterocycles. The highest BCUT2D eigenvalue weighted by Crippen LogP contribution is 2.11. The fourth-order valence-electron chi connectivity index (χ4n) is 3.25. The molecule has 1 aliphatic heterocycles. The van der Waals surface area contributed by atoms with Crippen molar-refractivity contribution in [1.29, 1.82) is 0 Å². The van der Waals surface area contributed by atoms with Crippen LogP contribution in [0.25, 0.3) is 6.08 Å². The maximum atomic E-state index is 12.5.